The summed E-state index contributed by atoms with van der Waals surface area (Å²) in [5.41, 5.74) is 1.83. The van der Waals surface area contributed by atoms with Gasteiger partial charge in [0.25, 0.3) is 10.0 Å². The van der Waals surface area contributed by atoms with E-state index in [4.69, 9.17) is 0 Å². The summed E-state index contributed by atoms with van der Waals surface area (Å²) in [6.45, 7) is 5.29. The lowest BCUT2D eigenvalue weighted by molar-refractivity contribution is -0.384. The van der Waals surface area contributed by atoms with Gasteiger partial charge in [0.05, 0.1) is 9.82 Å². The molecule has 0 spiro atoms. The monoisotopic (exact) mass is 407 g/mol. The molecule has 0 bridgehead atoms. The molecule has 0 atom stereocenters. The SMILES string of the molecule is Cc1ccc(S(=O)(=O)NC(=O)NCCNc2nc(C)cc(C)c2[N+](=O)[O-])cc1. The molecule has 0 aliphatic rings. The van der Waals surface area contributed by atoms with Crippen LogP contribution < -0.4 is 15.4 Å². The van der Waals surface area contributed by atoms with Gasteiger partial charge < -0.3 is 10.6 Å². The molecule has 0 aliphatic heterocycles. The zero-order valence-corrected chi connectivity index (χ0v) is 16.5. The minimum atomic E-state index is -3.98. The molecule has 2 aromatic rings. The largest absolute Gasteiger partial charge is 0.363 e. The molecule has 28 heavy (non-hydrogen) atoms. The van der Waals surface area contributed by atoms with Crippen molar-refractivity contribution in [1.82, 2.24) is 15.0 Å². The van der Waals surface area contributed by atoms with Crippen LogP contribution in [0.1, 0.15) is 16.8 Å². The van der Waals surface area contributed by atoms with Gasteiger partial charge in [0, 0.05) is 24.3 Å². The van der Waals surface area contributed by atoms with Crippen LogP contribution in [0.25, 0.3) is 0 Å². The van der Waals surface area contributed by atoms with E-state index in [1.54, 1.807) is 32.0 Å². The molecule has 0 unspecified atom stereocenters. The Morgan fingerprint density at radius 1 is 1.14 bits per heavy atom. The molecule has 11 heteroatoms. The van der Waals surface area contributed by atoms with Gasteiger partial charge >= 0.3 is 11.7 Å². The summed E-state index contributed by atoms with van der Waals surface area (Å²) < 4.78 is 26.2. The Hall–Kier alpha value is -3.21. The number of urea groups is 1. The Bertz CT molecular complexity index is 990. The molecule has 10 nitrogen and oxygen atoms in total. The van der Waals surface area contributed by atoms with E-state index >= 15 is 0 Å². The van der Waals surface area contributed by atoms with Gasteiger partial charge in [-0.1, -0.05) is 17.7 Å². The van der Waals surface area contributed by atoms with Crippen LogP contribution in [0.4, 0.5) is 16.3 Å². The van der Waals surface area contributed by atoms with Crippen molar-refractivity contribution in [2.75, 3.05) is 18.4 Å². The molecule has 1 aromatic carbocycles. The van der Waals surface area contributed by atoms with Gasteiger partial charge in [-0.25, -0.2) is 22.9 Å². The molecule has 0 aliphatic carbocycles. The summed E-state index contributed by atoms with van der Waals surface area (Å²) in [6.07, 6.45) is 0. The molecule has 2 rings (SSSR count). The Morgan fingerprint density at radius 2 is 1.79 bits per heavy atom. The number of sulfonamides is 1. The third-order valence-electron chi connectivity index (χ3n) is 3.76. The van der Waals surface area contributed by atoms with Crippen LogP contribution in [0.3, 0.4) is 0 Å². The number of anilines is 1. The number of aryl methyl sites for hydroxylation is 3. The second-order valence-electron chi connectivity index (χ2n) is 6.14. The van der Waals surface area contributed by atoms with E-state index in [0.29, 0.717) is 11.3 Å². The average Bonchev–Trinajstić information content (AvgIpc) is 2.57. The molecule has 0 saturated heterocycles. The number of carbonyl (C=O) groups is 1. The van der Waals surface area contributed by atoms with Crippen molar-refractivity contribution in [1.29, 1.82) is 0 Å². The van der Waals surface area contributed by atoms with Crippen LogP contribution in [0.15, 0.2) is 35.2 Å². The fourth-order valence-electron chi connectivity index (χ4n) is 2.48. The Kier molecular flexibility index (Phi) is 6.52. The highest BCUT2D eigenvalue weighted by molar-refractivity contribution is 7.90. The number of hydrogen-bond acceptors (Lipinski definition) is 7. The normalized spacial score (nSPS) is 11.0. The van der Waals surface area contributed by atoms with E-state index in [0.717, 1.165) is 5.56 Å². The fraction of sp³-hybridized carbons (Fsp3) is 0.294. The van der Waals surface area contributed by atoms with Gasteiger partial charge in [-0.3, -0.25) is 10.1 Å². The van der Waals surface area contributed by atoms with Crippen LogP contribution >= 0.6 is 0 Å². The molecule has 2 amide bonds. The third kappa shape index (κ3) is 5.39. The quantitative estimate of drug-likeness (QED) is 0.362. The first-order valence-corrected chi connectivity index (χ1v) is 9.82. The number of nitro groups is 1. The third-order valence-corrected chi connectivity index (χ3v) is 5.10. The average molecular weight is 407 g/mol. The predicted octanol–water partition coefficient (Wildman–Crippen LogP) is 2.02. The first-order valence-electron chi connectivity index (χ1n) is 8.34. The minimum absolute atomic E-state index is 0.0264. The van der Waals surface area contributed by atoms with Gasteiger partial charge in [-0.15, -0.1) is 0 Å². The number of benzene rings is 1. The second kappa shape index (κ2) is 8.65. The van der Waals surface area contributed by atoms with E-state index in [1.807, 2.05) is 11.6 Å². The van der Waals surface area contributed by atoms with E-state index < -0.39 is 21.0 Å². The molecule has 1 aromatic heterocycles. The first kappa shape index (κ1) is 21.1. The highest BCUT2D eigenvalue weighted by atomic mass is 32.2. The fourth-order valence-corrected chi connectivity index (χ4v) is 3.40. The van der Waals surface area contributed by atoms with Crippen molar-refractivity contribution in [2.24, 2.45) is 0 Å². The van der Waals surface area contributed by atoms with Gasteiger partial charge in [0.2, 0.25) is 5.82 Å². The summed E-state index contributed by atoms with van der Waals surface area (Å²) in [6, 6.07) is 6.75. The van der Waals surface area contributed by atoms with Crippen LogP contribution in [-0.4, -0.2) is 37.4 Å². The summed E-state index contributed by atoms with van der Waals surface area (Å²) in [7, 11) is -3.98. The standard InChI is InChI=1S/C17H21N5O5S/c1-11-4-6-14(7-5-11)28(26,27)21-17(23)19-9-8-18-16-15(22(24)25)12(2)10-13(3)20-16/h4-7,10H,8-9H2,1-3H3,(H,18,20)(H2,19,21,23). The van der Waals surface area contributed by atoms with Gasteiger partial charge in [-0.2, -0.15) is 0 Å². The summed E-state index contributed by atoms with van der Waals surface area (Å²) >= 11 is 0. The smallest absolute Gasteiger partial charge is 0.328 e. The van der Waals surface area contributed by atoms with Gasteiger partial charge in [0.15, 0.2) is 0 Å². The van der Waals surface area contributed by atoms with Crippen molar-refractivity contribution in [2.45, 2.75) is 25.7 Å². The number of rotatable bonds is 7. The van der Waals surface area contributed by atoms with Crippen molar-refractivity contribution in [3.8, 4) is 0 Å². The molecule has 150 valence electrons. The van der Waals surface area contributed by atoms with Crippen molar-refractivity contribution < 1.29 is 18.1 Å². The lowest BCUT2D eigenvalue weighted by Gasteiger charge is -2.11. The van der Waals surface area contributed by atoms with Crippen molar-refractivity contribution >= 4 is 27.6 Å². The van der Waals surface area contributed by atoms with Crippen LogP contribution in [0, 0.1) is 30.9 Å². The molecule has 3 N–H and O–H groups in total. The maximum atomic E-state index is 12.1. The molecule has 0 fully saturated rings. The number of hydrogen-bond donors (Lipinski definition) is 3. The Morgan fingerprint density at radius 3 is 2.39 bits per heavy atom. The molecular weight excluding hydrogens is 386 g/mol. The number of carbonyl (C=O) groups excluding carboxylic acids is 1. The zero-order valence-electron chi connectivity index (χ0n) is 15.6. The zero-order chi connectivity index (χ0) is 20.9. The first-order chi connectivity index (χ1) is 13.1. The van der Waals surface area contributed by atoms with E-state index in [9.17, 15) is 23.3 Å². The number of nitrogens with one attached hydrogen (secondary N) is 3. The number of amides is 2. The topological polar surface area (TPSA) is 143 Å². The number of pyridine rings is 1. The molecule has 1 heterocycles. The van der Waals surface area contributed by atoms with Crippen molar-refractivity contribution in [3.05, 3.63) is 57.3 Å². The predicted molar refractivity (Wildman–Crippen MR) is 104 cm³/mol. The van der Waals surface area contributed by atoms with E-state index in [2.05, 4.69) is 15.6 Å². The molecular formula is C17H21N5O5S. The van der Waals surface area contributed by atoms with E-state index in [1.165, 1.54) is 12.1 Å². The Labute approximate surface area is 162 Å². The molecule has 0 saturated carbocycles. The lowest BCUT2D eigenvalue weighted by Crippen LogP contribution is -2.41. The lowest BCUT2D eigenvalue weighted by atomic mass is 10.2. The Balaban J connectivity index is 1.91. The highest BCUT2D eigenvalue weighted by Crippen LogP contribution is 2.26. The number of nitrogens with zero attached hydrogens (tertiary/aromatic N) is 2. The maximum Gasteiger partial charge on any atom is 0.328 e. The van der Waals surface area contributed by atoms with E-state index in [-0.39, 0.29) is 29.5 Å². The van der Waals surface area contributed by atoms with Crippen LogP contribution in [0.5, 0.6) is 0 Å². The second-order valence-corrected chi connectivity index (χ2v) is 7.82. The van der Waals surface area contributed by atoms with Crippen LogP contribution in [-0.2, 0) is 10.0 Å². The number of aromatic nitrogens is 1. The van der Waals surface area contributed by atoms with Crippen LogP contribution in [0.2, 0.25) is 0 Å². The highest BCUT2D eigenvalue weighted by Gasteiger charge is 2.20. The maximum absolute atomic E-state index is 12.1. The van der Waals surface area contributed by atoms with Gasteiger partial charge in [0.1, 0.15) is 0 Å². The summed E-state index contributed by atoms with van der Waals surface area (Å²) in [4.78, 5) is 26.6. The van der Waals surface area contributed by atoms with Gasteiger partial charge in [-0.05, 0) is 39.0 Å². The van der Waals surface area contributed by atoms with Crippen molar-refractivity contribution in [3.63, 3.8) is 0 Å². The molecule has 0 radical (unpaired) electrons. The summed E-state index contributed by atoms with van der Waals surface area (Å²) in [5.74, 6) is 0.0944. The summed E-state index contributed by atoms with van der Waals surface area (Å²) in [5, 5.41) is 16.4. The minimum Gasteiger partial charge on any atom is -0.363 e.